The molecule has 1 aromatic heterocycles. The van der Waals surface area contributed by atoms with Crippen molar-refractivity contribution in [2.75, 3.05) is 30.4 Å². The molecule has 0 saturated carbocycles. The molecule has 0 aliphatic rings. The van der Waals surface area contributed by atoms with Crippen molar-refractivity contribution in [2.24, 2.45) is 0 Å². The van der Waals surface area contributed by atoms with Crippen LogP contribution in [0.2, 0.25) is 0 Å². The molecule has 0 radical (unpaired) electrons. The minimum absolute atomic E-state index is 0.0544. The van der Waals surface area contributed by atoms with Gasteiger partial charge in [0.15, 0.2) is 0 Å². The fraction of sp³-hybridized carbons (Fsp3) is 0.583. The van der Waals surface area contributed by atoms with Gasteiger partial charge in [0.25, 0.3) is 5.91 Å². The second kappa shape index (κ2) is 7.78. The van der Waals surface area contributed by atoms with Crippen LogP contribution in [0.5, 0.6) is 0 Å². The zero-order valence-electron chi connectivity index (χ0n) is 11.7. The molecule has 1 rings (SSSR count). The molecule has 0 aliphatic carbocycles. The number of hydrogen-bond donors (Lipinski definition) is 2. The number of sulfone groups is 1. The zero-order chi connectivity index (χ0) is 15.0. The molecule has 0 unspecified atom stereocenters. The molecule has 7 nitrogen and oxygen atoms in total. The molecule has 0 aromatic carbocycles. The first-order valence-electron chi connectivity index (χ1n) is 6.44. The summed E-state index contributed by atoms with van der Waals surface area (Å²) in [5.74, 6) is 0.326. The van der Waals surface area contributed by atoms with Crippen molar-refractivity contribution in [3.63, 3.8) is 0 Å². The van der Waals surface area contributed by atoms with Crippen LogP contribution in [0, 0.1) is 0 Å². The van der Waals surface area contributed by atoms with Gasteiger partial charge in [-0.25, -0.2) is 18.4 Å². The molecule has 0 bridgehead atoms. The number of nitrogens with one attached hydrogen (secondary N) is 2. The number of rotatable bonds is 8. The number of nitrogens with zero attached hydrogens (tertiary/aromatic N) is 2. The number of hydrogen-bond acceptors (Lipinski definition) is 6. The van der Waals surface area contributed by atoms with E-state index in [1.807, 2.05) is 6.92 Å². The van der Waals surface area contributed by atoms with Gasteiger partial charge in [0.1, 0.15) is 21.3 Å². The Morgan fingerprint density at radius 1 is 1.25 bits per heavy atom. The predicted octanol–water partition coefficient (Wildman–Crippen LogP) is 0.463. The number of carbonyl (C=O) groups excluding carboxylic acids is 1. The van der Waals surface area contributed by atoms with Crippen molar-refractivity contribution in [2.45, 2.75) is 19.8 Å². The third-order valence-corrected chi connectivity index (χ3v) is 3.45. The quantitative estimate of drug-likeness (QED) is 0.677. The highest BCUT2D eigenvalue weighted by molar-refractivity contribution is 7.90. The van der Waals surface area contributed by atoms with E-state index in [9.17, 15) is 13.2 Å². The summed E-state index contributed by atoms with van der Waals surface area (Å²) in [7, 11) is -2.99. The van der Waals surface area contributed by atoms with E-state index in [0.717, 1.165) is 13.0 Å². The van der Waals surface area contributed by atoms with Gasteiger partial charge in [-0.1, -0.05) is 6.92 Å². The van der Waals surface area contributed by atoms with Crippen molar-refractivity contribution in [1.82, 2.24) is 15.3 Å². The molecule has 0 atom stereocenters. The van der Waals surface area contributed by atoms with Crippen LogP contribution in [-0.2, 0) is 9.84 Å². The Labute approximate surface area is 119 Å². The fourth-order valence-corrected chi connectivity index (χ4v) is 2.09. The molecule has 8 heteroatoms. The van der Waals surface area contributed by atoms with E-state index in [2.05, 4.69) is 20.6 Å². The van der Waals surface area contributed by atoms with Crippen LogP contribution in [0.1, 0.15) is 30.3 Å². The minimum atomic E-state index is -2.99. The van der Waals surface area contributed by atoms with Crippen molar-refractivity contribution in [3.8, 4) is 0 Å². The summed E-state index contributed by atoms with van der Waals surface area (Å²) in [6, 6.07) is 0. The largest absolute Gasteiger partial charge is 0.369 e. The summed E-state index contributed by atoms with van der Waals surface area (Å²) >= 11 is 0. The number of aromatic nitrogens is 2. The zero-order valence-corrected chi connectivity index (χ0v) is 12.5. The lowest BCUT2D eigenvalue weighted by Crippen LogP contribution is -2.26. The maximum absolute atomic E-state index is 11.7. The van der Waals surface area contributed by atoms with Gasteiger partial charge in [0.05, 0.1) is 18.1 Å². The highest BCUT2D eigenvalue weighted by atomic mass is 32.2. The third-order valence-electron chi connectivity index (χ3n) is 2.42. The van der Waals surface area contributed by atoms with Gasteiger partial charge < -0.3 is 10.6 Å². The molecule has 1 amide bonds. The van der Waals surface area contributed by atoms with Gasteiger partial charge in [0.2, 0.25) is 0 Å². The van der Waals surface area contributed by atoms with Gasteiger partial charge in [-0.3, -0.25) is 4.79 Å². The standard InChI is InChI=1S/C12H20N4O3S/c1-3-5-13-11-9-15-10(8-16-11)12(17)14-6-4-7-20(2,18)19/h8-9H,3-7H2,1-2H3,(H,13,16)(H,14,17). The minimum Gasteiger partial charge on any atom is -0.369 e. The van der Waals surface area contributed by atoms with E-state index in [1.54, 1.807) is 0 Å². The summed E-state index contributed by atoms with van der Waals surface area (Å²) < 4.78 is 21.9. The highest BCUT2D eigenvalue weighted by Gasteiger charge is 2.08. The van der Waals surface area contributed by atoms with Crippen LogP contribution in [0.4, 0.5) is 5.82 Å². The molecule has 2 N–H and O–H groups in total. The Morgan fingerprint density at radius 3 is 2.55 bits per heavy atom. The van der Waals surface area contributed by atoms with E-state index in [1.165, 1.54) is 18.6 Å². The Hall–Kier alpha value is -1.70. The van der Waals surface area contributed by atoms with Gasteiger partial charge in [-0.15, -0.1) is 0 Å². The van der Waals surface area contributed by atoms with Gasteiger partial charge in [0, 0.05) is 19.3 Å². The Morgan fingerprint density at radius 2 is 2.00 bits per heavy atom. The van der Waals surface area contributed by atoms with Gasteiger partial charge >= 0.3 is 0 Å². The fourth-order valence-electron chi connectivity index (χ4n) is 1.42. The Balaban J connectivity index is 2.39. The molecule has 0 fully saturated rings. The first-order valence-corrected chi connectivity index (χ1v) is 8.50. The normalized spacial score (nSPS) is 11.1. The number of carbonyl (C=O) groups is 1. The SMILES string of the molecule is CCCNc1cnc(C(=O)NCCCS(C)(=O)=O)cn1. The summed E-state index contributed by atoms with van der Waals surface area (Å²) in [4.78, 5) is 19.8. The summed E-state index contributed by atoms with van der Waals surface area (Å²) in [6.45, 7) is 3.13. The molecule has 1 aromatic rings. The topological polar surface area (TPSA) is 101 Å². The molecule has 1 heterocycles. The van der Waals surface area contributed by atoms with Gasteiger partial charge in [-0.05, 0) is 12.8 Å². The Bertz CT molecular complexity index is 528. The van der Waals surface area contributed by atoms with Crippen LogP contribution in [0.3, 0.4) is 0 Å². The highest BCUT2D eigenvalue weighted by Crippen LogP contribution is 2.01. The van der Waals surface area contributed by atoms with Crippen LogP contribution >= 0.6 is 0 Å². The van der Waals surface area contributed by atoms with Crippen molar-refractivity contribution in [1.29, 1.82) is 0 Å². The predicted molar refractivity (Wildman–Crippen MR) is 77.5 cm³/mol. The molecule has 0 spiro atoms. The smallest absolute Gasteiger partial charge is 0.271 e. The second-order valence-electron chi connectivity index (χ2n) is 4.45. The maximum atomic E-state index is 11.7. The molecular formula is C12H20N4O3S. The number of anilines is 1. The Kier molecular flexibility index (Phi) is 6.37. The monoisotopic (exact) mass is 300 g/mol. The van der Waals surface area contributed by atoms with Crippen molar-refractivity contribution < 1.29 is 13.2 Å². The lowest BCUT2D eigenvalue weighted by molar-refractivity contribution is 0.0948. The van der Waals surface area contributed by atoms with Crippen molar-refractivity contribution in [3.05, 3.63) is 18.1 Å². The van der Waals surface area contributed by atoms with Crippen molar-refractivity contribution >= 4 is 21.6 Å². The van der Waals surface area contributed by atoms with E-state index in [-0.39, 0.29) is 17.4 Å². The number of amides is 1. The molecule has 0 saturated heterocycles. The lowest BCUT2D eigenvalue weighted by Gasteiger charge is -2.05. The van der Waals surface area contributed by atoms with E-state index in [0.29, 0.717) is 18.8 Å². The maximum Gasteiger partial charge on any atom is 0.271 e. The van der Waals surface area contributed by atoms with Crippen LogP contribution in [0.15, 0.2) is 12.4 Å². The summed E-state index contributed by atoms with van der Waals surface area (Å²) in [5.41, 5.74) is 0.214. The van der Waals surface area contributed by atoms with E-state index < -0.39 is 9.84 Å². The first-order chi connectivity index (χ1) is 9.42. The summed E-state index contributed by atoms with van der Waals surface area (Å²) in [6.07, 6.45) is 5.42. The van der Waals surface area contributed by atoms with Crippen LogP contribution in [-0.4, -0.2) is 49.4 Å². The van der Waals surface area contributed by atoms with Crippen LogP contribution < -0.4 is 10.6 Å². The average molecular weight is 300 g/mol. The summed E-state index contributed by atoms with van der Waals surface area (Å²) in [5, 5.41) is 5.67. The molecule has 0 aliphatic heterocycles. The third kappa shape index (κ3) is 6.46. The van der Waals surface area contributed by atoms with E-state index in [4.69, 9.17) is 0 Å². The molecule has 20 heavy (non-hydrogen) atoms. The first kappa shape index (κ1) is 16.4. The molecular weight excluding hydrogens is 280 g/mol. The molecule has 112 valence electrons. The van der Waals surface area contributed by atoms with Crippen LogP contribution in [0.25, 0.3) is 0 Å². The lowest BCUT2D eigenvalue weighted by atomic mass is 10.4. The second-order valence-corrected chi connectivity index (χ2v) is 6.71. The van der Waals surface area contributed by atoms with E-state index >= 15 is 0 Å². The van der Waals surface area contributed by atoms with Gasteiger partial charge in [-0.2, -0.15) is 0 Å². The average Bonchev–Trinajstić information content (AvgIpc) is 2.40.